The summed E-state index contributed by atoms with van der Waals surface area (Å²) in [5.74, 6) is 0.722. The van der Waals surface area contributed by atoms with E-state index in [2.05, 4.69) is 34.6 Å². The lowest BCUT2D eigenvalue weighted by Crippen LogP contribution is -2.30. The van der Waals surface area contributed by atoms with Gasteiger partial charge in [0.15, 0.2) is 6.10 Å². The molecular formula is C42H80O6. The standard InChI is InChI=1S/C42H80O6/c1-6-8-9-10-11-12-13-16-22-27-32-40(43)46-35-39(48-42(45)34-29-24-17-14-15-20-25-30-37(3)4)36-47-41(44)33-28-23-19-18-21-26-31-38(5)7-2/h37-39H,6-36H2,1-5H3/t38?,39-/m0/s1. The van der Waals surface area contributed by atoms with Gasteiger partial charge in [0.1, 0.15) is 13.2 Å². The van der Waals surface area contributed by atoms with Crippen molar-refractivity contribution in [1.82, 2.24) is 0 Å². The highest BCUT2D eigenvalue weighted by atomic mass is 16.6. The van der Waals surface area contributed by atoms with Crippen LogP contribution in [0.25, 0.3) is 0 Å². The second-order valence-corrected chi connectivity index (χ2v) is 15.0. The molecule has 1 unspecified atom stereocenters. The summed E-state index contributed by atoms with van der Waals surface area (Å²) in [5.41, 5.74) is 0. The minimum atomic E-state index is -0.760. The SMILES string of the molecule is CCCCCCCCCCCCC(=O)OC[C@@H](COC(=O)CCCCCCCCC(C)CC)OC(=O)CCCCCCCCCC(C)C. The average molecular weight is 681 g/mol. The van der Waals surface area contributed by atoms with Gasteiger partial charge in [-0.15, -0.1) is 0 Å². The number of ether oxygens (including phenoxy) is 3. The first-order valence-corrected chi connectivity index (χ1v) is 20.8. The number of hydrogen-bond acceptors (Lipinski definition) is 6. The molecule has 0 bridgehead atoms. The van der Waals surface area contributed by atoms with Crippen molar-refractivity contribution >= 4 is 17.9 Å². The van der Waals surface area contributed by atoms with Crippen LogP contribution in [0.4, 0.5) is 0 Å². The molecule has 0 fully saturated rings. The largest absolute Gasteiger partial charge is 0.462 e. The zero-order valence-corrected chi connectivity index (χ0v) is 32.6. The van der Waals surface area contributed by atoms with Crippen LogP contribution in [-0.4, -0.2) is 37.2 Å². The molecule has 0 saturated heterocycles. The second kappa shape index (κ2) is 35.2. The molecule has 0 aromatic carbocycles. The van der Waals surface area contributed by atoms with Gasteiger partial charge in [-0.05, 0) is 31.1 Å². The fourth-order valence-corrected chi connectivity index (χ4v) is 6.01. The van der Waals surface area contributed by atoms with Crippen molar-refractivity contribution in [3.63, 3.8) is 0 Å². The van der Waals surface area contributed by atoms with Crippen molar-refractivity contribution in [2.24, 2.45) is 11.8 Å². The number of rotatable bonds is 36. The van der Waals surface area contributed by atoms with Crippen molar-refractivity contribution in [1.29, 1.82) is 0 Å². The maximum Gasteiger partial charge on any atom is 0.306 e. The lowest BCUT2D eigenvalue weighted by Gasteiger charge is -2.18. The maximum atomic E-state index is 12.6. The monoisotopic (exact) mass is 681 g/mol. The molecule has 0 amide bonds. The van der Waals surface area contributed by atoms with Crippen LogP contribution >= 0.6 is 0 Å². The smallest absolute Gasteiger partial charge is 0.306 e. The number of carbonyl (C=O) groups is 3. The zero-order chi connectivity index (χ0) is 35.5. The van der Waals surface area contributed by atoms with Crippen molar-refractivity contribution in [3.05, 3.63) is 0 Å². The summed E-state index contributed by atoms with van der Waals surface area (Å²) in [6, 6.07) is 0. The molecule has 6 nitrogen and oxygen atoms in total. The number of unbranched alkanes of at least 4 members (excludes halogenated alkanes) is 20. The predicted molar refractivity (Wildman–Crippen MR) is 201 cm³/mol. The highest BCUT2D eigenvalue weighted by molar-refractivity contribution is 5.71. The van der Waals surface area contributed by atoms with Gasteiger partial charge in [0.25, 0.3) is 0 Å². The molecule has 48 heavy (non-hydrogen) atoms. The molecule has 0 aliphatic rings. The summed E-state index contributed by atoms with van der Waals surface area (Å²) in [6.07, 6.45) is 31.0. The predicted octanol–water partition coefficient (Wildman–Crippen LogP) is 12.6. The number of esters is 3. The molecule has 0 aliphatic carbocycles. The van der Waals surface area contributed by atoms with Crippen LogP contribution in [0.5, 0.6) is 0 Å². The van der Waals surface area contributed by atoms with Crippen LogP contribution < -0.4 is 0 Å². The normalized spacial score (nSPS) is 12.6. The van der Waals surface area contributed by atoms with Crippen molar-refractivity contribution in [2.75, 3.05) is 13.2 Å². The molecule has 0 aromatic heterocycles. The molecular weight excluding hydrogens is 600 g/mol. The molecule has 0 aromatic rings. The Morgan fingerprint density at radius 2 is 0.792 bits per heavy atom. The summed E-state index contributed by atoms with van der Waals surface area (Å²) in [7, 11) is 0. The fourth-order valence-electron chi connectivity index (χ4n) is 6.01. The Balaban J connectivity index is 4.37. The summed E-state index contributed by atoms with van der Waals surface area (Å²) in [6.45, 7) is 11.2. The molecule has 0 rings (SSSR count). The Labute approximate surface area is 298 Å². The molecule has 6 heteroatoms. The van der Waals surface area contributed by atoms with E-state index in [1.54, 1.807) is 0 Å². The van der Waals surface area contributed by atoms with E-state index in [0.717, 1.165) is 69.6 Å². The first-order chi connectivity index (χ1) is 23.3. The highest BCUT2D eigenvalue weighted by Crippen LogP contribution is 2.16. The maximum absolute atomic E-state index is 12.6. The molecule has 0 radical (unpaired) electrons. The van der Waals surface area contributed by atoms with Gasteiger partial charge in [0.2, 0.25) is 0 Å². The third-order valence-electron chi connectivity index (χ3n) is 9.58. The van der Waals surface area contributed by atoms with Crippen molar-refractivity contribution < 1.29 is 28.6 Å². The molecule has 0 saturated carbocycles. The van der Waals surface area contributed by atoms with Crippen LogP contribution in [0.1, 0.15) is 221 Å². The number of hydrogen-bond donors (Lipinski definition) is 0. The molecule has 0 spiro atoms. The van der Waals surface area contributed by atoms with E-state index in [0.29, 0.717) is 19.3 Å². The zero-order valence-electron chi connectivity index (χ0n) is 32.6. The van der Waals surface area contributed by atoms with Gasteiger partial charge in [0, 0.05) is 19.3 Å². The molecule has 0 heterocycles. The topological polar surface area (TPSA) is 78.9 Å². The second-order valence-electron chi connectivity index (χ2n) is 15.0. The van der Waals surface area contributed by atoms with Crippen LogP contribution in [-0.2, 0) is 28.6 Å². The van der Waals surface area contributed by atoms with E-state index in [9.17, 15) is 14.4 Å². The van der Waals surface area contributed by atoms with E-state index < -0.39 is 6.10 Å². The van der Waals surface area contributed by atoms with Gasteiger partial charge < -0.3 is 14.2 Å². The van der Waals surface area contributed by atoms with Crippen LogP contribution in [0.3, 0.4) is 0 Å². The van der Waals surface area contributed by atoms with Gasteiger partial charge in [-0.3, -0.25) is 14.4 Å². The first kappa shape index (κ1) is 46.4. The summed E-state index contributed by atoms with van der Waals surface area (Å²) in [5, 5.41) is 0. The van der Waals surface area contributed by atoms with Gasteiger partial charge in [0.05, 0.1) is 0 Å². The summed E-state index contributed by atoms with van der Waals surface area (Å²) in [4.78, 5) is 37.5. The average Bonchev–Trinajstić information content (AvgIpc) is 3.06. The lowest BCUT2D eigenvalue weighted by molar-refractivity contribution is -0.167. The third-order valence-corrected chi connectivity index (χ3v) is 9.58. The highest BCUT2D eigenvalue weighted by Gasteiger charge is 2.19. The van der Waals surface area contributed by atoms with E-state index in [4.69, 9.17) is 14.2 Å². The first-order valence-electron chi connectivity index (χ1n) is 20.8. The van der Waals surface area contributed by atoms with Crippen molar-refractivity contribution in [2.45, 2.75) is 227 Å². The van der Waals surface area contributed by atoms with Gasteiger partial charge in [-0.2, -0.15) is 0 Å². The third kappa shape index (κ3) is 34.3. The lowest BCUT2D eigenvalue weighted by atomic mass is 10.00. The van der Waals surface area contributed by atoms with E-state index >= 15 is 0 Å². The van der Waals surface area contributed by atoms with Gasteiger partial charge >= 0.3 is 17.9 Å². The van der Waals surface area contributed by atoms with Crippen LogP contribution in [0.15, 0.2) is 0 Å². The minimum absolute atomic E-state index is 0.0668. The summed E-state index contributed by atoms with van der Waals surface area (Å²) < 4.78 is 16.6. The Morgan fingerprint density at radius 1 is 0.438 bits per heavy atom. The molecule has 2 atom stereocenters. The fraction of sp³-hybridized carbons (Fsp3) is 0.929. The van der Waals surface area contributed by atoms with Crippen molar-refractivity contribution in [3.8, 4) is 0 Å². The Hall–Kier alpha value is -1.59. The van der Waals surface area contributed by atoms with Gasteiger partial charge in [-0.25, -0.2) is 0 Å². The molecule has 0 aliphatic heterocycles. The van der Waals surface area contributed by atoms with Crippen LogP contribution in [0.2, 0.25) is 0 Å². The van der Waals surface area contributed by atoms with E-state index in [-0.39, 0.29) is 31.1 Å². The Kier molecular flexibility index (Phi) is 34.1. The minimum Gasteiger partial charge on any atom is -0.462 e. The van der Waals surface area contributed by atoms with Gasteiger partial charge in [-0.1, -0.05) is 182 Å². The molecule has 0 N–H and O–H groups in total. The van der Waals surface area contributed by atoms with E-state index in [1.807, 2.05) is 0 Å². The Morgan fingerprint density at radius 3 is 1.19 bits per heavy atom. The quantitative estimate of drug-likeness (QED) is 0.0372. The van der Waals surface area contributed by atoms with E-state index in [1.165, 1.54) is 109 Å². The Bertz CT molecular complexity index is 736. The molecule has 284 valence electrons. The number of carbonyl (C=O) groups excluding carboxylic acids is 3. The summed E-state index contributed by atoms with van der Waals surface area (Å²) >= 11 is 0. The van der Waals surface area contributed by atoms with Crippen LogP contribution in [0, 0.1) is 11.8 Å².